The second kappa shape index (κ2) is 4.73. The molecular formula is C9H16N2OS. The summed E-state index contributed by atoms with van der Waals surface area (Å²) in [5, 5.41) is 12.3. The third-order valence-electron chi connectivity index (χ3n) is 2.58. The molecule has 0 aromatic carbocycles. The molecule has 2 unspecified atom stereocenters. The van der Waals surface area contributed by atoms with Gasteiger partial charge in [-0.3, -0.25) is 4.21 Å². The van der Waals surface area contributed by atoms with Crippen molar-refractivity contribution in [3.63, 3.8) is 0 Å². The van der Waals surface area contributed by atoms with Crippen molar-refractivity contribution in [1.29, 1.82) is 5.26 Å². The zero-order valence-corrected chi connectivity index (χ0v) is 8.82. The largest absolute Gasteiger partial charge is 0.315 e. The molecule has 4 heteroatoms. The van der Waals surface area contributed by atoms with E-state index in [0.29, 0.717) is 5.75 Å². The van der Waals surface area contributed by atoms with Crippen molar-refractivity contribution in [3.05, 3.63) is 0 Å². The average molecular weight is 200 g/mol. The van der Waals surface area contributed by atoms with Gasteiger partial charge in [-0.2, -0.15) is 5.26 Å². The second-order valence-electron chi connectivity index (χ2n) is 3.70. The van der Waals surface area contributed by atoms with Crippen LogP contribution in [0.5, 0.6) is 0 Å². The van der Waals surface area contributed by atoms with Crippen molar-refractivity contribution in [2.24, 2.45) is 5.41 Å². The molecule has 0 bridgehead atoms. The van der Waals surface area contributed by atoms with Crippen molar-refractivity contribution in [2.75, 3.05) is 25.1 Å². The highest BCUT2D eigenvalue weighted by atomic mass is 32.2. The van der Waals surface area contributed by atoms with Crippen LogP contribution in [0.25, 0.3) is 0 Å². The van der Waals surface area contributed by atoms with Crippen molar-refractivity contribution in [3.8, 4) is 6.07 Å². The predicted octanol–water partition coefficient (Wildman–Crippen LogP) is 0.648. The standard InChI is InChI=1S/C9H16N2OS/c1-13(12)6-4-9(7-10)3-2-5-11-8-9/h11H,2-6,8H2,1H3. The highest BCUT2D eigenvalue weighted by Crippen LogP contribution is 2.29. The summed E-state index contributed by atoms with van der Waals surface area (Å²) in [6, 6.07) is 2.38. The third-order valence-corrected chi connectivity index (χ3v) is 3.36. The summed E-state index contributed by atoms with van der Waals surface area (Å²) in [6.45, 7) is 1.78. The number of nitrogens with zero attached hydrogens (tertiary/aromatic N) is 1. The van der Waals surface area contributed by atoms with Crippen molar-refractivity contribution in [2.45, 2.75) is 19.3 Å². The summed E-state index contributed by atoms with van der Waals surface area (Å²) in [5.74, 6) is 0.648. The van der Waals surface area contributed by atoms with E-state index in [1.807, 2.05) is 0 Å². The van der Waals surface area contributed by atoms with Crippen LogP contribution in [0.4, 0.5) is 0 Å². The van der Waals surface area contributed by atoms with Gasteiger partial charge in [-0.25, -0.2) is 0 Å². The lowest BCUT2D eigenvalue weighted by Crippen LogP contribution is -2.39. The third kappa shape index (κ3) is 3.09. The van der Waals surface area contributed by atoms with Crippen LogP contribution in [-0.4, -0.2) is 29.3 Å². The van der Waals surface area contributed by atoms with Crippen LogP contribution < -0.4 is 5.32 Å². The predicted molar refractivity (Wildman–Crippen MR) is 53.7 cm³/mol. The van der Waals surface area contributed by atoms with Crippen LogP contribution in [0, 0.1) is 16.7 Å². The van der Waals surface area contributed by atoms with E-state index in [1.54, 1.807) is 6.26 Å². The molecule has 1 N–H and O–H groups in total. The second-order valence-corrected chi connectivity index (χ2v) is 5.25. The maximum Gasteiger partial charge on any atom is 0.0707 e. The van der Waals surface area contributed by atoms with E-state index in [1.165, 1.54) is 0 Å². The van der Waals surface area contributed by atoms with Crippen molar-refractivity contribution < 1.29 is 4.21 Å². The van der Waals surface area contributed by atoms with E-state index >= 15 is 0 Å². The van der Waals surface area contributed by atoms with Crippen LogP contribution in [-0.2, 0) is 10.8 Å². The molecule has 0 saturated carbocycles. The first-order valence-corrected chi connectivity index (χ1v) is 6.33. The summed E-state index contributed by atoms with van der Waals surface area (Å²) >= 11 is 0. The fraction of sp³-hybridized carbons (Fsp3) is 0.889. The minimum Gasteiger partial charge on any atom is -0.315 e. The normalized spacial score (nSPS) is 30.8. The van der Waals surface area contributed by atoms with Crippen LogP contribution in [0.3, 0.4) is 0 Å². The Morgan fingerprint density at radius 1 is 1.69 bits per heavy atom. The van der Waals surface area contributed by atoms with E-state index in [4.69, 9.17) is 5.26 Å². The van der Waals surface area contributed by atoms with Crippen molar-refractivity contribution in [1.82, 2.24) is 5.32 Å². The first-order valence-electron chi connectivity index (χ1n) is 4.60. The quantitative estimate of drug-likeness (QED) is 0.727. The molecule has 1 aliphatic heterocycles. The molecule has 1 saturated heterocycles. The Labute approximate surface area is 82.0 Å². The lowest BCUT2D eigenvalue weighted by atomic mass is 9.80. The molecule has 74 valence electrons. The fourth-order valence-corrected chi connectivity index (χ4v) is 2.35. The Balaban J connectivity index is 2.49. The molecule has 0 aromatic heterocycles. The van der Waals surface area contributed by atoms with E-state index in [9.17, 15) is 4.21 Å². The zero-order chi connectivity index (χ0) is 9.73. The van der Waals surface area contributed by atoms with Gasteiger partial charge in [-0.05, 0) is 25.8 Å². The van der Waals surface area contributed by atoms with Gasteiger partial charge in [0.25, 0.3) is 0 Å². The molecule has 2 atom stereocenters. The Hall–Kier alpha value is -0.400. The number of hydrogen-bond acceptors (Lipinski definition) is 3. The molecule has 0 amide bonds. The van der Waals surface area contributed by atoms with Gasteiger partial charge in [-0.1, -0.05) is 0 Å². The van der Waals surface area contributed by atoms with E-state index in [0.717, 1.165) is 32.4 Å². The molecule has 13 heavy (non-hydrogen) atoms. The van der Waals surface area contributed by atoms with Gasteiger partial charge in [0.1, 0.15) is 0 Å². The summed E-state index contributed by atoms with van der Waals surface area (Å²) in [7, 11) is -0.774. The summed E-state index contributed by atoms with van der Waals surface area (Å²) in [4.78, 5) is 0. The Morgan fingerprint density at radius 2 is 2.46 bits per heavy atom. The van der Waals surface area contributed by atoms with E-state index in [2.05, 4.69) is 11.4 Å². The Kier molecular flexibility index (Phi) is 3.89. The average Bonchev–Trinajstić information content (AvgIpc) is 2.16. The summed E-state index contributed by atoms with van der Waals surface area (Å²) < 4.78 is 10.9. The lowest BCUT2D eigenvalue weighted by Gasteiger charge is -2.30. The van der Waals surface area contributed by atoms with Crippen molar-refractivity contribution >= 4 is 10.8 Å². The molecule has 0 aliphatic carbocycles. The number of nitriles is 1. The van der Waals surface area contributed by atoms with Crippen LogP contribution in [0.1, 0.15) is 19.3 Å². The topological polar surface area (TPSA) is 52.9 Å². The molecule has 1 rings (SSSR count). The Morgan fingerprint density at radius 3 is 2.92 bits per heavy atom. The van der Waals surface area contributed by atoms with Crippen LogP contribution >= 0.6 is 0 Å². The zero-order valence-electron chi connectivity index (χ0n) is 8.01. The van der Waals surface area contributed by atoms with Gasteiger partial charge in [0.05, 0.1) is 11.5 Å². The van der Waals surface area contributed by atoms with Crippen LogP contribution in [0.15, 0.2) is 0 Å². The van der Waals surface area contributed by atoms with Gasteiger partial charge in [0, 0.05) is 29.4 Å². The van der Waals surface area contributed by atoms with E-state index in [-0.39, 0.29) is 5.41 Å². The molecule has 3 nitrogen and oxygen atoms in total. The molecule has 0 radical (unpaired) electrons. The van der Waals surface area contributed by atoms with Gasteiger partial charge in [0.15, 0.2) is 0 Å². The molecule has 1 fully saturated rings. The highest BCUT2D eigenvalue weighted by molar-refractivity contribution is 7.84. The molecule has 1 heterocycles. The highest BCUT2D eigenvalue weighted by Gasteiger charge is 2.31. The number of nitrogens with one attached hydrogen (secondary N) is 1. The summed E-state index contributed by atoms with van der Waals surface area (Å²) in [5.41, 5.74) is -0.246. The van der Waals surface area contributed by atoms with E-state index < -0.39 is 10.8 Å². The summed E-state index contributed by atoms with van der Waals surface area (Å²) in [6.07, 6.45) is 4.47. The first kappa shape index (κ1) is 10.7. The minimum absolute atomic E-state index is 0.246. The maximum atomic E-state index is 10.9. The maximum absolute atomic E-state index is 10.9. The lowest BCUT2D eigenvalue weighted by molar-refractivity contribution is 0.280. The molecule has 0 spiro atoms. The number of hydrogen-bond donors (Lipinski definition) is 1. The monoisotopic (exact) mass is 200 g/mol. The SMILES string of the molecule is CS(=O)CCC1(C#N)CCCNC1. The minimum atomic E-state index is -0.774. The number of piperidine rings is 1. The molecule has 0 aromatic rings. The first-order chi connectivity index (χ1) is 6.18. The van der Waals surface area contributed by atoms with Gasteiger partial charge in [0.2, 0.25) is 0 Å². The Bertz CT molecular complexity index is 228. The van der Waals surface area contributed by atoms with Gasteiger partial charge >= 0.3 is 0 Å². The molecular weight excluding hydrogens is 184 g/mol. The smallest absolute Gasteiger partial charge is 0.0707 e. The van der Waals surface area contributed by atoms with Gasteiger partial charge < -0.3 is 5.32 Å². The number of rotatable bonds is 3. The molecule has 1 aliphatic rings. The fourth-order valence-electron chi connectivity index (χ4n) is 1.67. The van der Waals surface area contributed by atoms with Crippen LogP contribution in [0.2, 0.25) is 0 Å². The van der Waals surface area contributed by atoms with Gasteiger partial charge in [-0.15, -0.1) is 0 Å².